The van der Waals surface area contributed by atoms with Gasteiger partial charge in [0.15, 0.2) is 11.5 Å². The third-order valence-electron chi connectivity index (χ3n) is 4.14. The summed E-state index contributed by atoms with van der Waals surface area (Å²) >= 11 is 6.22. The average molecular weight is 361 g/mol. The van der Waals surface area contributed by atoms with Crippen molar-refractivity contribution in [2.24, 2.45) is 5.92 Å². The summed E-state index contributed by atoms with van der Waals surface area (Å²) in [4.78, 5) is 14.4. The van der Waals surface area contributed by atoms with E-state index >= 15 is 0 Å². The van der Waals surface area contributed by atoms with Gasteiger partial charge in [0.25, 0.3) is 0 Å². The molecule has 0 saturated carbocycles. The van der Waals surface area contributed by atoms with Crippen LogP contribution in [-0.4, -0.2) is 50.7 Å². The number of amides is 1. The summed E-state index contributed by atoms with van der Waals surface area (Å²) in [6.07, 6.45) is 1.41. The molecule has 1 saturated heterocycles. The topological polar surface area (TPSA) is 50.8 Å². The van der Waals surface area contributed by atoms with Gasteiger partial charge in [-0.15, -0.1) is 12.4 Å². The van der Waals surface area contributed by atoms with Gasteiger partial charge < -0.3 is 19.7 Å². The summed E-state index contributed by atoms with van der Waals surface area (Å²) in [7, 11) is 1.95. The lowest BCUT2D eigenvalue weighted by atomic mass is 10.1. The maximum Gasteiger partial charge on any atom is 0.227 e. The lowest BCUT2D eigenvalue weighted by Gasteiger charge is -2.21. The van der Waals surface area contributed by atoms with E-state index in [0.29, 0.717) is 42.1 Å². The lowest BCUT2D eigenvalue weighted by molar-refractivity contribution is -0.129. The number of halogens is 2. The third kappa shape index (κ3) is 4.22. The third-order valence-corrected chi connectivity index (χ3v) is 4.42. The predicted octanol–water partition coefficient (Wildman–Crippen LogP) is 2.14. The molecule has 7 heteroatoms. The van der Waals surface area contributed by atoms with E-state index in [4.69, 9.17) is 21.1 Å². The average Bonchev–Trinajstić information content (AvgIpc) is 2.96. The first-order chi connectivity index (χ1) is 10.7. The second-order valence-corrected chi connectivity index (χ2v) is 6.24. The molecule has 1 amide bonds. The first kappa shape index (κ1) is 18.2. The zero-order chi connectivity index (χ0) is 15.5. The smallest absolute Gasteiger partial charge is 0.227 e. The molecule has 0 radical (unpaired) electrons. The largest absolute Gasteiger partial charge is 0.486 e. The standard InChI is InChI=1S/C16H21ClN2O3.ClH/c1-18-9-11-2-3-19(10-11)15(20)8-12-6-13(17)16-14(7-12)21-4-5-22-16;/h6-7,11,18H,2-5,8-10H2,1H3;1H. The Labute approximate surface area is 147 Å². The van der Waals surface area contributed by atoms with Crippen molar-refractivity contribution in [3.8, 4) is 11.5 Å². The Balaban J connectivity index is 0.00000192. The van der Waals surface area contributed by atoms with Crippen LogP contribution in [0.3, 0.4) is 0 Å². The van der Waals surface area contributed by atoms with Crippen molar-refractivity contribution in [2.45, 2.75) is 12.8 Å². The molecule has 1 aromatic carbocycles. The number of carbonyl (C=O) groups is 1. The SMILES string of the molecule is CNCC1CCN(C(=O)Cc2cc(Cl)c3c(c2)OCCO3)C1.Cl. The van der Waals surface area contributed by atoms with Gasteiger partial charge in [-0.25, -0.2) is 0 Å². The van der Waals surface area contributed by atoms with Crippen molar-refractivity contribution in [1.82, 2.24) is 10.2 Å². The fourth-order valence-electron chi connectivity index (χ4n) is 3.07. The molecule has 0 spiro atoms. The van der Waals surface area contributed by atoms with E-state index in [2.05, 4.69) is 5.32 Å². The highest BCUT2D eigenvalue weighted by atomic mass is 35.5. The quantitative estimate of drug-likeness (QED) is 0.893. The van der Waals surface area contributed by atoms with E-state index in [9.17, 15) is 4.79 Å². The van der Waals surface area contributed by atoms with Gasteiger partial charge in [0.1, 0.15) is 13.2 Å². The molecule has 0 aliphatic carbocycles. The number of likely N-dealkylation sites (tertiary alicyclic amines) is 1. The second kappa shape index (κ2) is 8.08. The Kier molecular flexibility index (Phi) is 6.39. The Morgan fingerprint density at radius 1 is 1.39 bits per heavy atom. The van der Waals surface area contributed by atoms with E-state index in [1.807, 2.05) is 18.0 Å². The van der Waals surface area contributed by atoms with Crippen LogP contribution in [0.15, 0.2) is 12.1 Å². The highest BCUT2D eigenvalue weighted by Crippen LogP contribution is 2.38. The first-order valence-corrected chi connectivity index (χ1v) is 8.05. The van der Waals surface area contributed by atoms with E-state index < -0.39 is 0 Å². The number of carbonyl (C=O) groups excluding carboxylic acids is 1. The van der Waals surface area contributed by atoms with Crippen LogP contribution >= 0.6 is 24.0 Å². The van der Waals surface area contributed by atoms with Crippen LogP contribution in [0, 0.1) is 5.92 Å². The summed E-state index contributed by atoms with van der Waals surface area (Å²) in [6, 6.07) is 3.66. The van der Waals surface area contributed by atoms with Crippen LogP contribution in [0.4, 0.5) is 0 Å². The second-order valence-electron chi connectivity index (χ2n) is 5.83. The maximum absolute atomic E-state index is 12.4. The van der Waals surface area contributed by atoms with E-state index in [1.54, 1.807) is 6.07 Å². The molecule has 1 aromatic rings. The minimum absolute atomic E-state index is 0. The maximum atomic E-state index is 12.4. The molecule has 1 N–H and O–H groups in total. The molecular weight excluding hydrogens is 339 g/mol. The van der Waals surface area contributed by atoms with Crippen LogP contribution in [0.2, 0.25) is 5.02 Å². The molecule has 2 heterocycles. The number of ether oxygens (including phenoxy) is 2. The molecule has 2 aliphatic heterocycles. The summed E-state index contributed by atoms with van der Waals surface area (Å²) < 4.78 is 11.1. The summed E-state index contributed by atoms with van der Waals surface area (Å²) in [5.74, 6) is 1.92. The van der Waals surface area contributed by atoms with E-state index in [1.165, 1.54) is 0 Å². The molecule has 1 fully saturated rings. The Morgan fingerprint density at radius 3 is 2.96 bits per heavy atom. The number of nitrogens with one attached hydrogen (secondary N) is 1. The van der Waals surface area contributed by atoms with Crippen LogP contribution in [-0.2, 0) is 11.2 Å². The fourth-order valence-corrected chi connectivity index (χ4v) is 3.36. The summed E-state index contributed by atoms with van der Waals surface area (Å²) in [5.41, 5.74) is 0.872. The Morgan fingerprint density at radius 2 is 2.17 bits per heavy atom. The molecule has 5 nitrogen and oxygen atoms in total. The van der Waals surface area contributed by atoms with Gasteiger partial charge in [-0.2, -0.15) is 0 Å². The monoisotopic (exact) mass is 360 g/mol. The van der Waals surface area contributed by atoms with Gasteiger partial charge in [0, 0.05) is 13.1 Å². The van der Waals surface area contributed by atoms with Gasteiger partial charge in [-0.05, 0) is 43.6 Å². The first-order valence-electron chi connectivity index (χ1n) is 7.67. The van der Waals surface area contributed by atoms with Crippen LogP contribution in [0.1, 0.15) is 12.0 Å². The minimum Gasteiger partial charge on any atom is -0.486 e. The normalized spacial score (nSPS) is 19.4. The minimum atomic E-state index is 0. The number of benzene rings is 1. The number of rotatable bonds is 4. The molecule has 23 heavy (non-hydrogen) atoms. The molecular formula is C16H22Cl2N2O3. The zero-order valence-electron chi connectivity index (χ0n) is 13.1. The zero-order valence-corrected chi connectivity index (χ0v) is 14.7. The van der Waals surface area contributed by atoms with Crippen molar-refractivity contribution in [2.75, 3.05) is 39.9 Å². The molecule has 2 aliphatic rings. The lowest BCUT2D eigenvalue weighted by Crippen LogP contribution is -2.31. The van der Waals surface area contributed by atoms with Crippen LogP contribution in [0.25, 0.3) is 0 Å². The van der Waals surface area contributed by atoms with Gasteiger partial charge in [0.05, 0.1) is 11.4 Å². The predicted molar refractivity (Wildman–Crippen MR) is 92.0 cm³/mol. The number of hydrogen-bond acceptors (Lipinski definition) is 4. The highest BCUT2D eigenvalue weighted by Gasteiger charge is 2.26. The van der Waals surface area contributed by atoms with Crippen LogP contribution in [0.5, 0.6) is 11.5 Å². The van der Waals surface area contributed by atoms with Gasteiger partial charge >= 0.3 is 0 Å². The number of hydrogen-bond donors (Lipinski definition) is 1. The fraction of sp³-hybridized carbons (Fsp3) is 0.562. The van der Waals surface area contributed by atoms with Crippen molar-refractivity contribution in [3.63, 3.8) is 0 Å². The van der Waals surface area contributed by atoms with Crippen molar-refractivity contribution in [1.29, 1.82) is 0 Å². The summed E-state index contributed by atoms with van der Waals surface area (Å²) in [6.45, 7) is 3.64. The van der Waals surface area contributed by atoms with E-state index in [0.717, 1.165) is 31.6 Å². The molecule has 1 atom stereocenters. The summed E-state index contributed by atoms with van der Waals surface area (Å²) in [5, 5.41) is 3.68. The van der Waals surface area contributed by atoms with Crippen molar-refractivity contribution < 1.29 is 14.3 Å². The molecule has 3 rings (SSSR count). The van der Waals surface area contributed by atoms with Gasteiger partial charge in [0.2, 0.25) is 5.91 Å². The number of fused-ring (bicyclic) bond motifs is 1. The van der Waals surface area contributed by atoms with Crippen molar-refractivity contribution in [3.05, 3.63) is 22.7 Å². The van der Waals surface area contributed by atoms with Gasteiger partial charge in [-0.3, -0.25) is 4.79 Å². The van der Waals surface area contributed by atoms with Crippen LogP contribution < -0.4 is 14.8 Å². The Hall–Kier alpha value is -1.17. The highest BCUT2D eigenvalue weighted by molar-refractivity contribution is 6.32. The van der Waals surface area contributed by atoms with Gasteiger partial charge in [-0.1, -0.05) is 11.6 Å². The molecule has 1 unspecified atom stereocenters. The van der Waals surface area contributed by atoms with E-state index in [-0.39, 0.29) is 18.3 Å². The Bertz CT molecular complexity index is 569. The number of nitrogens with zero attached hydrogens (tertiary/aromatic N) is 1. The van der Waals surface area contributed by atoms with Crippen molar-refractivity contribution >= 4 is 29.9 Å². The molecule has 0 bridgehead atoms. The molecule has 0 aromatic heterocycles. The molecule has 128 valence electrons.